The van der Waals surface area contributed by atoms with Crippen LogP contribution < -0.4 is 0 Å². The topological polar surface area (TPSA) is 20.2 Å². The third-order valence-electron chi connectivity index (χ3n) is 8.94. The van der Waals surface area contributed by atoms with E-state index in [4.69, 9.17) is 0 Å². The van der Waals surface area contributed by atoms with E-state index in [0.29, 0.717) is 29.6 Å². The van der Waals surface area contributed by atoms with Crippen molar-refractivity contribution in [1.29, 1.82) is 0 Å². The molecule has 0 bridgehead atoms. The number of alkyl halides is 1. The largest absolute Gasteiger partial charge is 0.393 e. The maximum absolute atomic E-state index is 16.1. The Kier molecular flexibility index (Phi) is 3.87. The van der Waals surface area contributed by atoms with Gasteiger partial charge in [0.05, 0.1) is 6.10 Å². The van der Waals surface area contributed by atoms with Gasteiger partial charge in [-0.3, -0.25) is 0 Å². The Morgan fingerprint density at radius 1 is 1.00 bits per heavy atom. The average molecular weight is 323 g/mol. The Bertz CT molecular complexity index is 463. The van der Waals surface area contributed by atoms with Crippen LogP contribution in [0, 0.1) is 40.9 Å². The van der Waals surface area contributed by atoms with Crippen LogP contribution in [0.3, 0.4) is 0 Å². The average Bonchev–Trinajstić information content (AvgIpc) is 2.85. The number of aliphatic hydroxyl groups is 1. The van der Waals surface area contributed by atoms with Crippen LogP contribution in [-0.4, -0.2) is 16.9 Å². The van der Waals surface area contributed by atoms with E-state index in [0.717, 1.165) is 50.9 Å². The van der Waals surface area contributed by atoms with Crippen molar-refractivity contribution in [3.63, 3.8) is 0 Å². The third kappa shape index (κ3) is 2.26. The van der Waals surface area contributed by atoms with Crippen molar-refractivity contribution >= 4 is 0 Å². The lowest BCUT2D eigenvalue weighted by Gasteiger charge is -2.58. The molecule has 4 rings (SSSR count). The lowest BCUT2D eigenvalue weighted by atomic mass is 9.48. The van der Waals surface area contributed by atoms with Gasteiger partial charge in [0.25, 0.3) is 0 Å². The van der Waals surface area contributed by atoms with E-state index in [1.165, 1.54) is 12.8 Å². The lowest BCUT2D eigenvalue weighted by Crippen LogP contribution is -2.56. The molecule has 4 aliphatic rings. The van der Waals surface area contributed by atoms with E-state index < -0.39 is 5.67 Å². The quantitative estimate of drug-likeness (QED) is 0.688. The highest BCUT2D eigenvalue weighted by atomic mass is 19.1. The summed E-state index contributed by atoms with van der Waals surface area (Å²) in [6.45, 7) is 6.70. The van der Waals surface area contributed by atoms with Crippen LogP contribution in [0.2, 0.25) is 0 Å². The Hall–Kier alpha value is -0.110. The van der Waals surface area contributed by atoms with Crippen LogP contribution in [0.25, 0.3) is 0 Å². The Labute approximate surface area is 141 Å². The van der Waals surface area contributed by atoms with Crippen LogP contribution in [0.1, 0.15) is 78.6 Å². The first kappa shape index (κ1) is 16.4. The van der Waals surface area contributed by atoms with Gasteiger partial charge in [0, 0.05) is 0 Å². The number of aliphatic hydroxyl groups excluding tert-OH is 1. The molecular weight excluding hydrogens is 287 g/mol. The second kappa shape index (κ2) is 5.44. The smallest absolute Gasteiger partial charge is 0.117 e. The summed E-state index contributed by atoms with van der Waals surface area (Å²) >= 11 is 0. The van der Waals surface area contributed by atoms with Gasteiger partial charge in [-0.05, 0) is 106 Å². The number of fused-ring (bicyclic) bond motifs is 5. The van der Waals surface area contributed by atoms with Crippen molar-refractivity contribution < 1.29 is 9.50 Å². The molecule has 4 saturated carbocycles. The molecule has 0 amide bonds. The highest BCUT2D eigenvalue weighted by molar-refractivity contribution is 5.11. The third-order valence-corrected chi connectivity index (χ3v) is 8.94. The summed E-state index contributed by atoms with van der Waals surface area (Å²) in [6.07, 6.45) is 9.80. The number of halogens is 1. The zero-order valence-electron chi connectivity index (χ0n) is 15.2. The SMILES string of the molecule is CC(O)C1CCC2[C@@H]3CC[C@@H]4C[C@@H](C)CC[C@]4(F)C3CC[C@]12C. The van der Waals surface area contributed by atoms with Crippen molar-refractivity contribution in [2.45, 2.75) is 90.3 Å². The zero-order chi connectivity index (χ0) is 16.4. The normalized spacial score (nSPS) is 57.3. The van der Waals surface area contributed by atoms with Crippen LogP contribution in [0.4, 0.5) is 4.39 Å². The Balaban J connectivity index is 1.60. The lowest BCUT2D eigenvalue weighted by molar-refractivity contribution is -0.143. The monoisotopic (exact) mass is 322 g/mol. The molecule has 23 heavy (non-hydrogen) atoms. The highest BCUT2D eigenvalue weighted by Gasteiger charge is 2.62. The van der Waals surface area contributed by atoms with Crippen LogP contribution in [0.5, 0.6) is 0 Å². The van der Waals surface area contributed by atoms with Gasteiger partial charge < -0.3 is 5.11 Å². The number of hydrogen-bond donors (Lipinski definition) is 1. The predicted octanol–water partition coefficient (Wildman–Crippen LogP) is 5.36. The first-order valence-corrected chi connectivity index (χ1v) is 10.2. The fourth-order valence-corrected chi connectivity index (χ4v) is 7.83. The molecule has 0 spiro atoms. The van der Waals surface area contributed by atoms with Crippen molar-refractivity contribution in [1.82, 2.24) is 0 Å². The van der Waals surface area contributed by atoms with Gasteiger partial charge in [-0.2, -0.15) is 0 Å². The van der Waals surface area contributed by atoms with Gasteiger partial charge in [-0.1, -0.05) is 13.8 Å². The maximum Gasteiger partial charge on any atom is 0.117 e. The molecule has 4 fully saturated rings. The fraction of sp³-hybridized carbons (Fsp3) is 1.00. The zero-order valence-corrected chi connectivity index (χ0v) is 15.2. The summed E-state index contributed by atoms with van der Waals surface area (Å²) in [6, 6.07) is 0. The summed E-state index contributed by atoms with van der Waals surface area (Å²) in [4.78, 5) is 0. The van der Waals surface area contributed by atoms with E-state index in [1.54, 1.807) is 0 Å². The summed E-state index contributed by atoms with van der Waals surface area (Å²) < 4.78 is 16.1. The molecule has 1 N–H and O–H groups in total. The molecule has 1 nitrogen and oxygen atoms in total. The van der Waals surface area contributed by atoms with Crippen LogP contribution in [0.15, 0.2) is 0 Å². The van der Waals surface area contributed by atoms with Crippen LogP contribution in [-0.2, 0) is 0 Å². The standard InChI is InChI=1S/C21H35FO/c1-13-8-11-21(22)15(12-13)4-5-16-18-7-6-17(14(2)23)20(18,3)10-9-19(16)21/h13-19,23H,4-12H2,1-3H3/t13-,14?,15+,16-,17?,18?,19?,20+,21+/m0/s1. The van der Waals surface area contributed by atoms with Gasteiger partial charge in [0.1, 0.15) is 5.67 Å². The van der Waals surface area contributed by atoms with Gasteiger partial charge in [0.15, 0.2) is 0 Å². The minimum absolute atomic E-state index is 0.201. The summed E-state index contributed by atoms with van der Waals surface area (Å²) in [5, 5.41) is 10.2. The first-order chi connectivity index (χ1) is 10.9. The minimum atomic E-state index is -0.861. The molecule has 0 aromatic carbocycles. The summed E-state index contributed by atoms with van der Waals surface area (Å²) in [5.74, 6) is 3.07. The van der Waals surface area contributed by atoms with Crippen LogP contribution >= 0.6 is 0 Å². The van der Waals surface area contributed by atoms with Gasteiger partial charge in [0.2, 0.25) is 0 Å². The Morgan fingerprint density at radius 2 is 1.78 bits per heavy atom. The number of rotatable bonds is 1. The molecule has 0 heterocycles. The van der Waals surface area contributed by atoms with Gasteiger partial charge in [-0.25, -0.2) is 4.39 Å². The minimum Gasteiger partial charge on any atom is -0.393 e. The van der Waals surface area contributed by atoms with Crippen molar-refractivity contribution in [2.75, 3.05) is 0 Å². The van der Waals surface area contributed by atoms with Crippen molar-refractivity contribution in [3.8, 4) is 0 Å². The molecule has 9 atom stereocenters. The molecule has 4 unspecified atom stereocenters. The van der Waals surface area contributed by atoms with Crippen molar-refractivity contribution in [2.24, 2.45) is 40.9 Å². The van der Waals surface area contributed by atoms with E-state index in [2.05, 4.69) is 13.8 Å². The molecule has 0 radical (unpaired) electrons. The molecular formula is C21H35FO. The van der Waals surface area contributed by atoms with E-state index in [9.17, 15) is 5.11 Å². The van der Waals surface area contributed by atoms with Gasteiger partial charge in [-0.15, -0.1) is 0 Å². The molecule has 4 aliphatic carbocycles. The molecule has 2 heteroatoms. The predicted molar refractivity (Wildman–Crippen MR) is 91.8 cm³/mol. The van der Waals surface area contributed by atoms with Crippen molar-refractivity contribution in [3.05, 3.63) is 0 Å². The molecule has 132 valence electrons. The maximum atomic E-state index is 16.1. The second-order valence-electron chi connectivity index (χ2n) is 9.93. The summed E-state index contributed by atoms with van der Waals surface area (Å²) in [7, 11) is 0. The highest BCUT2D eigenvalue weighted by Crippen LogP contribution is 2.66. The molecule has 0 saturated heterocycles. The van der Waals surface area contributed by atoms with E-state index in [1.807, 2.05) is 6.92 Å². The number of hydrogen-bond acceptors (Lipinski definition) is 1. The van der Waals surface area contributed by atoms with Gasteiger partial charge >= 0.3 is 0 Å². The summed E-state index contributed by atoms with van der Waals surface area (Å²) in [5.41, 5.74) is -0.597. The molecule has 0 aromatic rings. The Morgan fingerprint density at radius 3 is 2.52 bits per heavy atom. The molecule has 0 aromatic heterocycles. The van der Waals surface area contributed by atoms with E-state index in [-0.39, 0.29) is 11.5 Å². The molecule has 0 aliphatic heterocycles. The van der Waals surface area contributed by atoms with E-state index >= 15 is 4.39 Å². The fourth-order valence-electron chi connectivity index (χ4n) is 7.83. The first-order valence-electron chi connectivity index (χ1n) is 10.2. The second-order valence-corrected chi connectivity index (χ2v) is 9.93.